The van der Waals surface area contributed by atoms with Gasteiger partial charge in [0, 0.05) is 28.2 Å². The summed E-state index contributed by atoms with van der Waals surface area (Å²) in [6.07, 6.45) is 3.51. The number of thiazole rings is 1. The summed E-state index contributed by atoms with van der Waals surface area (Å²) in [5.41, 5.74) is 2.01. The van der Waals surface area contributed by atoms with Crippen LogP contribution >= 0.6 is 22.9 Å². The first kappa shape index (κ1) is 13.8. The predicted octanol–water partition coefficient (Wildman–Crippen LogP) is 3.63. The number of aryl methyl sites for hydroxylation is 1. The summed E-state index contributed by atoms with van der Waals surface area (Å²) in [4.78, 5) is 0.848. The Hall–Kier alpha value is -1.65. The first-order valence-electron chi connectivity index (χ1n) is 5.80. The van der Waals surface area contributed by atoms with Crippen LogP contribution in [0.5, 0.6) is 0 Å². The molecule has 0 aliphatic rings. The molecule has 0 bridgehead atoms. The predicted molar refractivity (Wildman–Crippen MR) is 81.9 cm³/mol. The second kappa shape index (κ2) is 6.50. The number of aromatic nitrogens is 1. The molecular formula is C14H14ClN3S. The highest BCUT2D eigenvalue weighted by Crippen LogP contribution is 2.12. The van der Waals surface area contributed by atoms with E-state index in [0.717, 1.165) is 22.6 Å². The van der Waals surface area contributed by atoms with Crippen molar-refractivity contribution in [3.05, 3.63) is 63.4 Å². The van der Waals surface area contributed by atoms with Crippen molar-refractivity contribution in [3.8, 4) is 0 Å². The highest BCUT2D eigenvalue weighted by molar-refractivity contribution is 7.07. The smallest absolute Gasteiger partial charge is 0.211 e. The van der Waals surface area contributed by atoms with Gasteiger partial charge < -0.3 is 4.57 Å². The third-order valence-electron chi connectivity index (χ3n) is 2.55. The lowest BCUT2D eigenvalue weighted by Crippen LogP contribution is -2.14. The van der Waals surface area contributed by atoms with Crippen LogP contribution in [0.15, 0.2) is 52.5 Å². The summed E-state index contributed by atoms with van der Waals surface area (Å²) >= 11 is 7.60. The van der Waals surface area contributed by atoms with Gasteiger partial charge >= 0.3 is 0 Å². The fourth-order valence-electron chi connectivity index (χ4n) is 1.57. The largest absolute Gasteiger partial charge is 0.316 e. The maximum atomic E-state index is 6.04. The minimum atomic E-state index is 0.669. The lowest BCUT2D eigenvalue weighted by Gasteiger charge is -1.99. The van der Waals surface area contributed by atoms with Crippen molar-refractivity contribution in [2.24, 2.45) is 10.2 Å². The van der Waals surface area contributed by atoms with Gasteiger partial charge in [0.15, 0.2) is 0 Å². The molecule has 3 nitrogen and oxygen atoms in total. The van der Waals surface area contributed by atoms with Crippen molar-refractivity contribution >= 4 is 29.2 Å². The van der Waals surface area contributed by atoms with E-state index in [1.807, 2.05) is 42.6 Å². The van der Waals surface area contributed by atoms with E-state index in [4.69, 9.17) is 11.6 Å². The number of nitrogens with zero attached hydrogens (tertiary/aromatic N) is 3. The number of rotatable bonds is 4. The molecule has 1 heterocycles. The molecule has 2 rings (SSSR count). The van der Waals surface area contributed by atoms with E-state index in [-0.39, 0.29) is 0 Å². The fraction of sp³-hybridized carbons (Fsp3) is 0.143. The van der Waals surface area contributed by atoms with Gasteiger partial charge in [-0.2, -0.15) is 5.10 Å². The van der Waals surface area contributed by atoms with Crippen molar-refractivity contribution in [1.29, 1.82) is 0 Å². The normalized spacial score (nSPS) is 12.2. The third kappa shape index (κ3) is 3.43. The Bertz CT molecular complexity index is 667. The highest BCUT2D eigenvalue weighted by Gasteiger charge is 1.98. The monoisotopic (exact) mass is 291 g/mol. The minimum Gasteiger partial charge on any atom is -0.316 e. The lowest BCUT2D eigenvalue weighted by molar-refractivity contribution is 0.752. The molecule has 0 saturated carbocycles. The molecule has 2 aromatic rings. The lowest BCUT2D eigenvalue weighted by atomic mass is 10.2. The first-order valence-corrected chi connectivity index (χ1v) is 7.05. The van der Waals surface area contributed by atoms with E-state index >= 15 is 0 Å². The zero-order valence-electron chi connectivity index (χ0n) is 10.6. The maximum Gasteiger partial charge on any atom is 0.211 e. The average molecular weight is 292 g/mol. The van der Waals surface area contributed by atoms with Gasteiger partial charge in [0.05, 0.1) is 6.21 Å². The summed E-state index contributed by atoms with van der Waals surface area (Å²) in [5, 5.41) is 11.0. The summed E-state index contributed by atoms with van der Waals surface area (Å²) in [5.74, 6) is 0. The zero-order chi connectivity index (χ0) is 13.7. The van der Waals surface area contributed by atoms with Gasteiger partial charge in [-0.1, -0.05) is 35.9 Å². The van der Waals surface area contributed by atoms with Gasteiger partial charge in [-0.15, -0.1) is 23.0 Å². The molecule has 0 saturated heterocycles. The molecule has 98 valence electrons. The summed E-state index contributed by atoms with van der Waals surface area (Å²) in [7, 11) is 0. The number of hydrogen-bond donors (Lipinski definition) is 0. The molecule has 1 aromatic carbocycles. The molecule has 5 heteroatoms. The van der Waals surface area contributed by atoms with Crippen molar-refractivity contribution in [2.75, 3.05) is 0 Å². The van der Waals surface area contributed by atoms with Crippen LogP contribution in [0.4, 0.5) is 0 Å². The molecule has 0 radical (unpaired) electrons. The van der Waals surface area contributed by atoms with E-state index in [2.05, 4.69) is 21.3 Å². The molecule has 19 heavy (non-hydrogen) atoms. The summed E-state index contributed by atoms with van der Waals surface area (Å²) < 4.78 is 2.06. The van der Waals surface area contributed by atoms with Crippen molar-refractivity contribution in [2.45, 2.75) is 13.5 Å². The third-order valence-corrected chi connectivity index (χ3v) is 3.86. The maximum absolute atomic E-state index is 6.04. The average Bonchev–Trinajstić information content (AvgIpc) is 2.74. The second-order valence-corrected chi connectivity index (χ2v) is 5.17. The molecule has 0 amide bonds. The van der Waals surface area contributed by atoms with Crippen LogP contribution in [-0.4, -0.2) is 10.8 Å². The van der Waals surface area contributed by atoms with Crippen molar-refractivity contribution < 1.29 is 0 Å². The van der Waals surface area contributed by atoms with Gasteiger partial charge in [-0.3, -0.25) is 0 Å². The van der Waals surface area contributed by atoms with Crippen molar-refractivity contribution in [3.63, 3.8) is 0 Å². The van der Waals surface area contributed by atoms with Crippen LogP contribution in [0, 0.1) is 6.92 Å². The minimum absolute atomic E-state index is 0.669. The molecule has 0 fully saturated rings. The van der Waals surface area contributed by atoms with Crippen molar-refractivity contribution in [1.82, 2.24) is 4.57 Å². The van der Waals surface area contributed by atoms with E-state index in [0.29, 0.717) is 5.02 Å². The van der Waals surface area contributed by atoms with Gasteiger partial charge in [-0.05, 0) is 13.0 Å². The Balaban J connectivity index is 2.28. The first-order chi connectivity index (χ1) is 9.22. The Morgan fingerprint density at radius 1 is 1.42 bits per heavy atom. The van der Waals surface area contributed by atoms with Gasteiger partial charge in [0.25, 0.3) is 0 Å². The SMILES string of the molecule is C=CCn1c(C)csc1=NN=Cc1ccccc1Cl. The van der Waals surface area contributed by atoms with E-state index in [1.165, 1.54) is 0 Å². The number of allylic oxidation sites excluding steroid dienone is 1. The molecule has 0 aliphatic heterocycles. The Labute approximate surface area is 121 Å². The summed E-state index contributed by atoms with van der Waals surface area (Å²) in [6.45, 7) is 6.51. The van der Waals surface area contributed by atoms with E-state index < -0.39 is 0 Å². The van der Waals surface area contributed by atoms with Crippen LogP contribution in [0.2, 0.25) is 5.02 Å². The highest BCUT2D eigenvalue weighted by atomic mass is 35.5. The van der Waals surface area contributed by atoms with E-state index in [1.54, 1.807) is 17.6 Å². The zero-order valence-corrected chi connectivity index (χ0v) is 12.2. The Morgan fingerprint density at radius 2 is 2.21 bits per heavy atom. The Morgan fingerprint density at radius 3 is 2.95 bits per heavy atom. The molecule has 0 spiro atoms. The van der Waals surface area contributed by atoms with E-state index in [9.17, 15) is 0 Å². The van der Waals surface area contributed by atoms with Crippen LogP contribution in [0.25, 0.3) is 0 Å². The van der Waals surface area contributed by atoms with Gasteiger partial charge in [0.1, 0.15) is 0 Å². The molecule has 0 unspecified atom stereocenters. The number of benzene rings is 1. The number of hydrogen-bond acceptors (Lipinski definition) is 3. The van der Waals surface area contributed by atoms with Crippen LogP contribution < -0.4 is 4.80 Å². The quantitative estimate of drug-likeness (QED) is 0.468. The Kier molecular flexibility index (Phi) is 4.71. The molecule has 0 N–H and O–H groups in total. The number of halogens is 1. The molecular weight excluding hydrogens is 278 g/mol. The topological polar surface area (TPSA) is 29.6 Å². The second-order valence-electron chi connectivity index (χ2n) is 3.93. The van der Waals surface area contributed by atoms with Gasteiger partial charge in [0.2, 0.25) is 4.80 Å². The van der Waals surface area contributed by atoms with Gasteiger partial charge in [-0.25, -0.2) is 0 Å². The molecule has 0 aliphatic carbocycles. The van der Waals surface area contributed by atoms with Crippen LogP contribution in [0.3, 0.4) is 0 Å². The standard InChI is InChI=1S/C14H14ClN3S/c1-3-8-18-11(2)10-19-14(18)17-16-9-12-6-4-5-7-13(12)15/h3-7,9-10H,1,8H2,2H3. The van der Waals surface area contributed by atoms with Crippen LogP contribution in [0.1, 0.15) is 11.3 Å². The summed E-state index contributed by atoms with van der Waals surface area (Å²) in [6, 6.07) is 7.53. The fourth-order valence-corrected chi connectivity index (χ4v) is 2.59. The molecule has 0 atom stereocenters. The van der Waals surface area contributed by atoms with Crippen LogP contribution in [-0.2, 0) is 6.54 Å². The molecule has 1 aromatic heterocycles.